The van der Waals surface area contributed by atoms with Gasteiger partial charge in [-0.1, -0.05) is 6.92 Å². The maximum absolute atomic E-state index is 11.5. The van der Waals surface area contributed by atoms with Crippen molar-refractivity contribution in [3.63, 3.8) is 0 Å². The molecule has 0 aromatic heterocycles. The van der Waals surface area contributed by atoms with Crippen molar-refractivity contribution in [1.29, 1.82) is 0 Å². The van der Waals surface area contributed by atoms with Crippen LogP contribution in [0.1, 0.15) is 19.8 Å². The Morgan fingerprint density at radius 1 is 1.69 bits per heavy atom. The van der Waals surface area contributed by atoms with Gasteiger partial charge in [-0.05, 0) is 12.2 Å². The van der Waals surface area contributed by atoms with E-state index < -0.39 is 0 Å². The monoisotopic (exact) mass is 219 g/mol. The molecule has 0 bridgehead atoms. The number of nitrogens with zero attached hydrogens (tertiary/aromatic N) is 1. The molecule has 1 saturated heterocycles. The van der Waals surface area contributed by atoms with Crippen LogP contribution in [0.15, 0.2) is 0 Å². The van der Waals surface area contributed by atoms with E-state index in [9.17, 15) is 4.79 Å². The van der Waals surface area contributed by atoms with Crippen LogP contribution in [0.4, 0.5) is 0 Å². The van der Waals surface area contributed by atoms with E-state index in [1.165, 1.54) is 0 Å². The number of thiol groups is 1. The fourth-order valence-electron chi connectivity index (χ4n) is 1.45. The number of carbonyl (C=O) groups is 1. The first-order valence-electron chi connectivity index (χ1n) is 4.78. The first kappa shape index (κ1) is 11.2. The lowest BCUT2D eigenvalue weighted by atomic mass is 10.3. The fourth-order valence-corrected chi connectivity index (χ4v) is 2.82. The van der Waals surface area contributed by atoms with Crippen molar-refractivity contribution in [3.05, 3.63) is 0 Å². The molecule has 0 spiro atoms. The van der Waals surface area contributed by atoms with Gasteiger partial charge in [0, 0.05) is 30.5 Å². The van der Waals surface area contributed by atoms with Gasteiger partial charge in [0.2, 0.25) is 5.91 Å². The van der Waals surface area contributed by atoms with Crippen LogP contribution in [0, 0.1) is 0 Å². The number of amides is 1. The van der Waals surface area contributed by atoms with E-state index in [0.29, 0.717) is 17.4 Å². The quantitative estimate of drug-likeness (QED) is 0.729. The van der Waals surface area contributed by atoms with E-state index in [0.717, 1.165) is 25.3 Å². The van der Waals surface area contributed by atoms with Gasteiger partial charge in [-0.3, -0.25) is 4.79 Å². The van der Waals surface area contributed by atoms with Crippen LogP contribution in [0.2, 0.25) is 0 Å². The van der Waals surface area contributed by atoms with Crippen LogP contribution in [-0.2, 0) is 4.79 Å². The van der Waals surface area contributed by atoms with Gasteiger partial charge < -0.3 is 4.90 Å². The molecule has 1 unspecified atom stereocenters. The number of thioether (sulfide) groups is 1. The molecule has 1 heterocycles. The van der Waals surface area contributed by atoms with Crippen molar-refractivity contribution in [1.82, 2.24) is 4.90 Å². The van der Waals surface area contributed by atoms with Gasteiger partial charge in [-0.25, -0.2) is 0 Å². The Morgan fingerprint density at radius 2 is 2.46 bits per heavy atom. The van der Waals surface area contributed by atoms with Gasteiger partial charge in [-0.2, -0.15) is 24.4 Å². The summed E-state index contributed by atoms with van der Waals surface area (Å²) in [5.41, 5.74) is 0. The molecule has 0 radical (unpaired) electrons. The van der Waals surface area contributed by atoms with Gasteiger partial charge in [-0.15, -0.1) is 0 Å². The molecule has 1 amide bonds. The van der Waals surface area contributed by atoms with Gasteiger partial charge in [0.05, 0.1) is 0 Å². The third kappa shape index (κ3) is 3.43. The molecule has 0 aliphatic carbocycles. The zero-order chi connectivity index (χ0) is 9.68. The summed E-state index contributed by atoms with van der Waals surface area (Å²) < 4.78 is 0. The first-order valence-corrected chi connectivity index (χ1v) is 6.46. The van der Waals surface area contributed by atoms with E-state index in [4.69, 9.17) is 0 Å². The van der Waals surface area contributed by atoms with Crippen LogP contribution < -0.4 is 0 Å². The Morgan fingerprint density at radius 3 is 3.08 bits per heavy atom. The maximum atomic E-state index is 11.5. The van der Waals surface area contributed by atoms with Crippen molar-refractivity contribution >= 4 is 30.3 Å². The topological polar surface area (TPSA) is 20.3 Å². The summed E-state index contributed by atoms with van der Waals surface area (Å²) in [6, 6.07) is 0. The highest BCUT2D eigenvalue weighted by Gasteiger charge is 2.21. The molecule has 1 atom stereocenters. The van der Waals surface area contributed by atoms with E-state index >= 15 is 0 Å². The van der Waals surface area contributed by atoms with Crippen molar-refractivity contribution in [2.45, 2.75) is 25.0 Å². The zero-order valence-corrected chi connectivity index (χ0v) is 9.74. The number of rotatable bonds is 3. The van der Waals surface area contributed by atoms with E-state index in [1.54, 1.807) is 0 Å². The summed E-state index contributed by atoms with van der Waals surface area (Å²) in [5.74, 6) is 2.03. The molecule has 76 valence electrons. The molecule has 1 aliphatic heterocycles. The molecule has 0 N–H and O–H groups in total. The SMILES string of the molecule is CCC1CN(C(=O)CCS)CCS1. The second-order valence-corrected chi connectivity index (χ2v) is 5.07. The number of hydrogen-bond donors (Lipinski definition) is 1. The molecule has 1 aliphatic rings. The molecular weight excluding hydrogens is 202 g/mol. The summed E-state index contributed by atoms with van der Waals surface area (Å²) >= 11 is 6.06. The lowest BCUT2D eigenvalue weighted by molar-refractivity contribution is -0.130. The van der Waals surface area contributed by atoms with Gasteiger partial charge in [0.25, 0.3) is 0 Å². The van der Waals surface area contributed by atoms with Gasteiger partial charge in [0.15, 0.2) is 0 Å². The van der Waals surface area contributed by atoms with Gasteiger partial charge in [0.1, 0.15) is 0 Å². The largest absolute Gasteiger partial charge is 0.341 e. The molecule has 1 rings (SSSR count). The van der Waals surface area contributed by atoms with E-state index in [2.05, 4.69) is 19.6 Å². The lowest BCUT2D eigenvalue weighted by Gasteiger charge is -2.31. The molecule has 0 saturated carbocycles. The average molecular weight is 219 g/mol. The predicted octanol–water partition coefficient (Wildman–Crippen LogP) is 1.66. The first-order chi connectivity index (χ1) is 6.27. The minimum atomic E-state index is 0.272. The van der Waals surface area contributed by atoms with Crippen LogP contribution >= 0.6 is 24.4 Å². The summed E-state index contributed by atoms with van der Waals surface area (Å²) in [6.07, 6.45) is 1.75. The summed E-state index contributed by atoms with van der Waals surface area (Å²) in [4.78, 5) is 13.5. The molecule has 1 fully saturated rings. The molecule has 2 nitrogen and oxygen atoms in total. The van der Waals surface area contributed by atoms with Crippen LogP contribution in [0.25, 0.3) is 0 Å². The molecular formula is C9H17NOS2. The summed E-state index contributed by atoms with van der Waals surface area (Å²) in [5, 5.41) is 0.651. The fraction of sp³-hybridized carbons (Fsp3) is 0.889. The minimum absolute atomic E-state index is 0.272. The van der Waals surface area contributed by atoms with Crippen molar-refractivity contribution in [2.24, 2.45) is 0 Å². The van der Waals surface area contributed by atoms with E-state index in [1.807, 2.05) is 16.7 Å². The normalized spacial score (nSPS) is 23.2. The smallest absolute Gasteiger partial charge is 0.223 e. The Bertz CT molecular complexity index is 175. The van der Waals surface area contributed by atoms with Crippen molar-refractivity contribution in [2.75, 3.05) is 24.6 Å². The van der Waals surface area contributed by atoms with E-state index in [-0.39, 0.29) is 5.91 Å². The number of hydrogen-bond acceptors (Lipinski definition) is 3. The zero-order valence-electron chi connectivity index (χ0n) is 8.03. The summed E-state index contributed by atoms with van der Waals surface area (Å²) in [7, 11) is 0. The third-order valence-corrected chi connectivity index (χ3v) is 3.87. The highest BCUT2D eigenvalue weighted by molar-refractivity contribution is 8.00. The lowest BCUT2D eigenvalue weighted by Crippen LogP contribution is -2.41. The molecule has 4 heteroatoms. The van der Waals surface area contributed by atoms with Gasteiger partial charge >= 0.3 is 0 Å². The Balaban J connectivity index is 2.37. The Kier molecular flexibility index (Phi) is 5.02. The molecule has 0 aromatic carbocycles. The second-order valence-electron chi connectivity index (χ2n) is 3.21. The highest BCUT2D eigenvalue weighted by atomic mass is 32.2. The highest BCUT2D eigenvalue weighted by Crippen LogP contribution is 2.21. The summed E-state index contributed by atoms with van der Waals surface area (Å²) in [6.45, 7) is 4.05. The Labute approximate surface area is 89.9 Å². The average Bonchev–Trinajstić information content (AvgIpc) is 2.18. The van der Waals surface area contributed by atoms with Crippen molar-refractivity contribution in [3.8, 4) is 0 Å². The van der Waals surface area contributed by atoms with Crippen LogP contribution in [-0.4, -0.2) is 40.7 Å². The Hall–Kier alpha value is 0.170. The standard InChI is InChI=1S/C9H17NOS2/c1-2-8-7-10(4-6-13-8)9(11)3-5-12/h8,12H,2-7H2,1H3. The minimum Gasteiger partial charge on any atom is -0.341 e. The molecule has 0 aromatic rings. The third-order valence-electron chi connectivity index (χ3n) is 2.27. The van der Waals surface area contributed by atoms with Crippen LogP contribution in [0.3, 0.4) is 0 Å². The van der Waals surface area contributed by atoms with Crippen molar-refractivity contribution < 1.29 is 4.79 Å². The van der Waals surface area contributed by atoms with Crippen LogP contribution in [0.5, 0.6) is 0 Å². The molecule has 13 heavy (non-hydrogen) atoms. The predicted molar refractivity (Wildman–Crippen MR) is 61.6 cm³/mol. The maximum Gasteiger partial charge on any atom is 0.223 e. The number of carbonyl (C=O) groups excluding carboxylic acids is 1. The second kappa shape index (κ2) is 5.81.